The Hall–Kier alpha value is -0.300. The highest BCUT2D eigenvalue weighted by atomic mass is 35.5. The molecule has 0 N–H and O–H groups in total. The first-order chi connectivity index (χ1) is 6.49. The molecular formula is C11H18ClO2P. The molecule has 1 atom stereocenters. The molecule has 0 bridgehead atoms. The van der Waals surface area contributed by atoms with E-state index < -0.39 is 0 Å². The van der Waals surface area contributed by atoms with E-state index in [2.05, 4.69) is 0 Å². The molecule has 1 rings (SSSR count). The molecule has 1 aromatic rings. The van der Waals surface area contributed by atoms with E-state index >= 15 is 0 Å². The molecule has 4 heteroatoms. The molecule has 0 aromatic heterocycles. The zero-order chi connectivity index (χ0) is 10.6. The van der Waals surface area contributed by atoms with Gasteiger partial charge in [0.1, 0.15) is 5.75 Å². The Morgan fingerprint density at radius 2 is 1.73 bits per heavy atom. The number of benzene rings is 1. The van der Waals surface area contributed by atoms with Crippen molar-refractivity contribution in [2.24, 2.45) is 0 Å². The third kappa shape index (κ3) is 5.99. The molecule has 1 unspecified atom stereocenters. The van der Waals surface area contributed by atoms with E-state index in [1.54, 1.807) is 0 Å². The first-order valence-electron chi connectivity index (χ1n) is 4.64. The highest BCUT2D eigenvalue weighted by molar-refractivity contribution is 7.26. The summed E-state index contributed by atoms with van der Waals surface area (Å²) in [7, 11) is 0.0575. The van der Waals surface area contributed by atoms with E-state index in [-0.39, 0.29) is 27.0 Å². The van der Waals surface area contributed by atoms with E-state index in [9.17, 15) is 0 Å². The minimum atomic E-state index is -0.138. The molecule has 0 fully saturated rings. The Kier molecular flexibility index (Phi) is 6.19. The van der Waals surface area contributed by atoms with Crippen molar-refractivity contribution < 1.29 is 9.05 Å². The maximum atomic E-state index is 5.52. The Bertz CT molecular complexity index is 297. The van der Waals surface area contributed by atoms with Gasteiger partial charge in [0.05, 0.1) is 5.60 Å². The Morgan fingerprint density at radius 1 is 1.13 bits per heavy atom. The molecule has 0 aliphatic heterocycles. The van der Waals surface area contributed by atoms with Crippen LogP contribution in [0.15, 0.2) is 24.3 Å². The van der Waals surface area contributed by atoms with Crippen molar-refractivity contribution in [2.45, 2.75) is 33.3 Å². The largest absolute Gasteiger partial charge is 0.449 e. The molecule has 0 spiro atoms. The van der Waals surface area contributed by atoms with Crippen LogP contribution in [0.25, 0.3) is 0 Å². The topological polar surface area (TPSA) is 18.5 Å². The summed E-state index contributed by atoms with van der Waals surface area (Å²) in [6.07, 6.45) is 0. The number of hydrogen-bond donors (Lipinski definition) is 0. The monoisotopic (exact) mass is 248 g/mol. The van der Waals surface area contributed by atoms with Crippen molar-refractivity contribution in [3.63, 3.8) is 0 Å². The summed E-state index contributed by atoms with van der Waals surface area (Å²) in [6.45, 7) is 8.07. The fourth-order valence-corrected chi connectivity index (χ4v) is 1.47. The van der Waals surface area contributed by atoms with Crippen molar-refractivity contribution in [3.05, 3.63) is 29.8 Å². The normalized spacial score (nSPS) is 11.5. The lowest BCUT2D eigenvalue weighted by Gasteiger charge is -2.19. The second-order valence-electron chi connectivity index (χ2n) is 4.17. The first kappa shape index (κ1) is 14.7. The lowest BCUT2D eigenvalue weighted by molar-refractivity contribution is 0.143. The van der Waals surface area contributed by atoms with Crippen molar-refractivity contribution in [2.75, 3.05) is 0 Å². The second kappa shape index (κ2) is 6.32. The minimum Gasteiger partial charge on any atom is -0.449 e. The van der Waals surface area contributed by atoms with E-state index in [1.807, 2.05) is 52.0 Å². The van der Waals surface area contributed by atoms with E-state index in [4.69, 9.17) is 9.05 Å². The highest BCUT2D eigenvalue weighted by Crippen LogP contribution is 2.28. The van der Waals surface area contributed by atoms with Crippen molar-refractivity contribution in [3.8, 4) is 5.75 Å². The predicted molar refractivity (Wildman–Crippen MR) is 68.2 cm³/mol. The summed E-state index contributed by atoms with van der Waals surface area (Å²) in [5.74, 6) is 0.898. The van der Waals surface area contributed by atoms with Gasteiger partial charge in [-0.25, -0.2) is 0 Å². The van der Waals surface area contributed by atoms with Crippen LogP contribution in [0.4, 0.5) is 0 Å². The zero-order valence-corrected chi connectivity index (χ0v) is 11.4. The molecule has 0 aliphatic rings. The first-order valence-corrected chi connectivity index (χ1v) is 5.46. The molecule has 0 aliphatic carbocycles. The predicted octanol–water partition coefficient (Wildman–Crippen LogP) is 4.12. The fraction of sp³-hybridized carbons (Fsp3) is 0.455. The summed E-state index contributed by atoms with van der Waals surface area (Å²) in [5.41, 5.74) is 0.999. The number of hydrogen-bond acceptors (Lipinski definition) is 2. The zero-order valence-electron chi connectivity index (χ0n) is 9.53. The van der Waals surface area contributed by atoms with Crippen molar-refractivity contribution >= 4 is 21.4 Å². The van der Waals surface area contributed by atoms with Crippen LogP contribution in [0.2, 0.25) is 0 Å². The Morgan fingerprint density at radius 3 is 2.27 bits per heavy atom. The number of aryl methyl sites for hydroxylation is 1. The van der Waals surface area contributed by atoms with Gasteiger partial charge in [0, 0.05) is 0 Å². The summed E-state index contributed by atoms with van der Waals surface area (Å²) >= 11 is 0. The van der Waals surface area contributed by atoms with Gasteiger partial charge in [-0.05, 0) is 39.3 Å². The van der Waals surface area contributed by atoms with Gasteiger partial charge in [0.2, 0.25) is 9.03 Å². The SMILES string of the molecule is Cc1ccccc1OPOC(C)(C)C.Cl. The van der Waals surface area contributed by atoms with Gasteiger partial charge in [-0.3, -0.25) is 0 Å². The standard InChI is InChI=1S/C11H17O2P.ClH/c1-9-7-5-6-8-10(9)12-14-13-11(2,3)4;/h5-8,14H,1-4H3;1H. The average molecular weight is 249 g/mol. The third-order valence-corrected chi connectivity index (χ3v) is 2.59. The van der Waals surface area contributed by atoms with Crippen LogP contribution < -0.4 is 4.52 Å². The number of halogens is 1. The molecule has 0 radical (unpaired) electrons. The molecule has 0 saturated carbocycles. The minimum absolute atomic E-state index is 0. The molecule has 2 nitrogen and oxygen atoms in total. The smallest absolute Gasteiger partial charge is 0.215 e. The summed E-state index contributed by atoms with van der Waals surface area (Å²) in [4.78, 5) is 0. The van der Waals surface area contributed by atoms with E-state index in [1.165, 1.54) is 0 Å². The van der Waals surface area contributed by atoms with Crippen molar-refractivity contribution in [1.82, 2.24) is 0 Å². The van der Waals surface area contributed by atoms with Gasteiger partial charge in [0.15, 0.2) is 0 Å². The molecule has 86 valence electrons. The van der Waals surface area contributed by atoms with Gasteiger partial charge >= 0.3 is 0 Å². The van der Waals surface area contributed by atoms with Crippen LogP contribution in [0, 0.1) is 6.92 Å². The summed E-state index contributed by atoms with van der Waals surface area (Å²) in [6, 6.07) is 7.94. The fourth-order valence-electron chi connectivity index (χ4n) is 0.862. The Labute approximate surface area is 99.7 Å². The maximum absolute atomic E-state index is 5.52. The molecule has 1 aromatic carbocycles. The Balaban J connectivity index is 0.00000196. The van der Waals surface area contributed by atoms with Gasteiger partial charge in [-0.1, -0.05) is 18.2 Å². The van der Waals surface area contributed by atoms with Crippen LogP contribution in [0.1, 0.15) is 26.3 Å². The van der Waals surface area contributed by atoms with Gasteiger partial charge < -0.3 is 9.05 Å². The van der Waals surface area contributed by atoms with Crippen LogP contribution >= 0.6 is 21.4 Å². The average Bonchev–Trinajstić information content (AvgIpc) is 2.06. The van der Waals surface area contributed by atoms with E-state index in [0.717, 1.165) is 11.3 Å². The van der Waals surface area contributed by atoms with Gasteiger partial charge in [-0.15, -0.1) is 12.4 Å². The second-order valence-corrected chi connectivity index (χ2v) is 4.74. The van der Waals surface area contributed by atoms with Crippen molar-refractivity contribution in [1.29, 1.82) is 0 Å². The van der Waals surface area contributed by atoms with Crippen LogP contribution in [-0.4, -0.2) is 5.60 Å². The molecular weight excluding hydrogens is 231 g/mol. The quantitative estimate of drug-likeness (QED) is 0.749. The lowest BCUT2D eigenvalue weighted by Crippen LogP contribution is -2.14. The molecule has 0 saturated heterocycles. The van der Waals surface area contributed by atoms with Crippen LogP contribution in [-0.2, 0) is 4.52 Å². The van der Waals surface area contributed by atoms with E-state index in [0.29, 0.717) is 0 Å². The number of rotatable bonds is 3. The molecule has 15 heavy (non-hydrogen) atoms. The third-order valence-electron chi connectivity index (χ3n) is 1.59. The maximum Gasteiger partial charge on any atom is 0.215 e. The van der Waals surface area contributed by atoms with Gasteiger partial charge in [-0.2, -0.15) is 0 Å². The summed E-state index contributed by atoms with van der Waals surface area (Å²) in [5, 5.41) is 0. The van der Waals surface area contributed by atoms with Gasteiger partial charge in [0.25, 0.3) is 0 Å². The lowest BCUT2D eigenvalue weighted by atomic mass is 10.2. The molecule has 0 amide bonds. The summed E-state index contributed by atoms with van der Waals surface area (Å²) < 4.78 is 11.0. The highest BCUT2D eigenvalue weighted by Gasteiger charge is 2.10. The molecule has 0 heterocycles. The van der Waals surface area contributed by atoms with Crippen LogP contribution in [0.3, 0.4) is 0 Å². The number of para-hydroxylation sites is 1. The van der Waals surface area contributed by atoms with Crippen LogP contribution in [0.5, 0.6) is 5.75 Å².